The number of nitrogens with two attached hydrogens (primary N) is 1. The molecule has 2 heterocycles. The number of alkyl halides is 3. The lowest BCUT2D eigenvalue weighted by Gasteiger charge is -2.39. The molecule has 5 N–H and O–H groups in total. The lowest BCUT2D eigenvalue weighted by molar-refractivity contribution is -0.220. The highest BCUT2D eigenvalue weighted by Crippen LogP contribution is 2.40. The molecule has 2 atom stereocenters. The molecule has 33 heavy (non-hydrogen) atoms. The van der Waals surface area contributed by atoms with E-state index in [-0.39, 0.29) is 28.8 Å². The number of carbonyl (C=O) groups excluding carboxylic acids is 1. The summed E-state index contributed by atoms with van der Waals surface area (Å²) in [6.45, 7) is 1.89. The summed E-state index contributed by atoms with van der Waals surface area (Å²) in [6.07, 6.45) is -0.944. The zero-order valence-corrected chi connectivity index (χ0v) is 18.3. The summed E-state index contributed by atoms with van der Waals surface area (Å²) in [4.78, 5) is 21.0. The Morgan fingerprint density at radius 3 is 2.61 bits per heavy atom. The summed E-state index contributed by atoms with van der Waals surface area (Å²) in [7, 11) is 0. The summed E-state index contributed by atoms with van der Waals surface area (Å²) in [5.41, 5.74) is 0.322. The smallest absolute Gasteiger partial charge is 0.273 e. The zero-order chi connectivity index (χ0) is 24.4. The van der Waals surface area contributed by atoms with Crippen LogP contribution >= 0.6 is 0 Å². The largest absolute Gasteiger partial charge is 0.384 e. The standard InChI is InChI=1S/C22H27F3N4O4/c1-12-3-4-13(22(32,20(24)25)21(2,31)11-23)9-15(12)16-10-27-18(26)17(29-16)19(30)28-14-5-7-33-8-6-14/h3-4,9-10,14,20,31-32H,5-8,11H2,1-2H3,(H2,26,27)(H,28,30). The first-order valence-electron chi connectivity index (χ1n) is 10.4. The van der Waals surface area contributed by atoms with Crippen molar-refractivity contribution in [1.82, 2.24) is 15.3 Å². The highest BCUT2D eigenvalue weighted by Gasteiger charge is 2.54. The van der Waals surface area contributed by atoms with Gasteiger partial charge < -0.3 is 26.0 Å². The third-order valence-electron chi connectivity index (χ3n) is 5.92. The summed E-state index contributed by atoms with van der Waals surface area (Å²) >= 11 is 0. The summed E-state index contributed by atoms with van der Waals surface area (Å²) < 4.78 is 46.3. The SMILES string of the molecule is Cc1ccc(C(O)(C(F)F)C(C)(O)CF)cc1-c1cnc(N)c(C(=O)NC2CCOCC2)n1. The van der Waals surface area contributed by atoms with E-state index in [1.54, 1.807) is 6.92 Å². The molecule has 1 amide bonds. The molecule has 11 heteroatoms. The Kier molecular flexibility index (Phi) is 7.25. The highest BCUT2D eigenvalue weighted by atomic mass is 19.3. The van der Waals surface area contributed by atoms with Crippen molar-refractivity contribution >= 4 is 11.7 Å². The van der Waals surface area contributed by atoms with Gasteiger partial charge in [-0.15, -0.1) is 0 Å². The zero-order valence-electron chi connectivity index (χ0n) is 18.3. The van der Waals surface area contributed by atoms with Gasteiger partial charge >= 0.3 is 0 Å². The predicted octanol–water partition coefficient (Wildman–Crippen LogP) is 2.12. The molecule has 8 nitrogen and oxygen atoms in total. The van der Waals surface area contributed by atoms with Crippen LogP contribution in [0.4, 0.5) is 19.0 Å². The van der Waals surface area contributed by atoms with Crippen molar-refractivity contribution in [2.45, 2.75) is 50.4 Å². The number of amides is 1. The van der Waals surface area contributed by atoms with Gasteiger partial charge in [-0.3, -0.25) is 4.79 Å². The number of hydrogen-bond acceptors (Lipinski definition) is 7. The molecular formula is C22H27F3N4O4. The van der Waals surface area contributed by atoms with Crippen molar-refractivity contribution in [2.24, 2.45) is 0 Å². The van der Waals surface area contributed by atoms with Crippen LogP contribution in [0.15, 0.2) is 24.4 Å². The summed E-state index contributed by atoms with van der Waals surface area (Å²) in [5, 5.41) is 23.7. The molecule has 0 saturated carbocycles. The monoisotopic (exact) mass is 468 g/mol. The quantitative estimate of drug-likeness (QED) is 0.490. The Hall–Kier alpha value is -2.76. The molecule has 0 bridgehead atoms. The van der Waals surface area contributed by atoms with E-state index in [0.717, 1.165) is 6.92 Å². The first-order valence-corrected chi connectivity index (χ1v) is 10.4. The number of nitrogens with zero attached hydrogens (tertiary/aromatic N) is 2. The second-order valence-corrected chi connectivity index (χ2v) is 8.35. The third kappa shape index (κ3) is 4.80. The van der Waals surface area contributed by atoms with E-state index in [4.69, 9.17) is 10.5 Å². The molecular weight excluding hydrogens is 441 g/mol. The van der Waals surface area contributed by atoms with E-state index in [9.17, 15) is 28.2 Å². The van der Waals surface area contributed by atoms with Crippen LogP contribution in [0.5, 0.6) is 0 Å². The van der Waals surface area contributed by atoms with E-state index in [1.165, 1.54) is 24.4 Å². The van der Waals surface area contributed by atoms with Gasteiger partial charge in [-0.25, -0.2) is 23.1 Å². The highest BCUT2D eigenvalue weighted by molar-refractivity contribution is 5.97. The molecule has 180 valence electrons. The first-order chi connectivity index (χ1) is 15.5. The Morgan fingerprint density at radius 2 is 2.00 bits per heavy atom. The van der Waals surface area contributed by atoms with E-state index in [0.29, 0.717) is 31.6 Å². The van der Waals surface area contributed by atoms with Crippen LogP contribution in [0.1, 0.15) is 41.4 Å². The molecule has 1 aliphatic heterocycles. The van der Waals surface area contributed by atoms with Gasteiger partial charge in [0.15, 0.2) is 17.1 Å². The summed E-state index contributed by atoms with van der Waals surface area (Å²) in [6, 6.07) is 3.67. The molecule has 1 fully saturated rings. The number of carbonyl (C=O) groups is 1. The van der Waals surface area contributed by atoms with E-state index in [2.05, 4.69) is 15.3 Å². The van der Waals surface area contributed by atoms with Gasteiger partial charge in [0.1, 0.15) is 12.3 Å². The van der Waals surface area contributed by atoms with Gasteiger partial charge in [-0.05, 0) is 43.9 Å². The number of aryl methyl sites for hydroxylation is 1. The van der Waals surface area contributed by atoms with Crippen LogP contribution in [0, 0.1) is 6.92 Å². The van der Waals surface area contributed by atoms with Crippen molar-refractivity contribution in [2.75, 3.05) is 25.6 Å². The number of nitrogens with one attached hydrogen (secondary N) is 1. The number of nitrogen functional groups attached to an aromatic ring is 1. The lowest BCUT2D eigenvalue weighted by Crippen LogP contribution is -2.56. The normalized spacial score (nSPS) is 18.5. The number of hydrogen-bond donors (Lipinski definition) is 4. The Morgan fingerprint density at radius 1 is 1.33 bits per heavy atom. The fraction of sp³-hybridized carbons (Fsp3) is 0.500. The minimum Gasteiger partial charge on any atom is -0.384 e. The average Bonchev–Trinajstić information content (AvgIpc) is 2.79. The molecule has 0 radical (unpaired) electrons. The molecule has 0 aliphatic carbocycles. The van der Waals surface area contributed by atoms with Crippen LogP contribution < -0.4 is 11.1 Å². The molecule has 1 aromatic carbocycles. The molecule has 0 spiro atoms. The van der Waals surface area contributed by atoms with Gasteiger partial charge in [-0.1, -0.05) is 12.1 Å². The van der Waals surface area contributed by atoms with Crippen LogP contribution in [0.2, 0.25) is 0 Å². The van der Waals surface area contributed by atoms with E-state index < -0.39 is 35.8 Å². The minimum absolute atomic E-state index is 0.106. The topological polar surface area (TPSA) is 131 Å². The lowest BCUT2D eigenvalue weighted by atomic mass is 9.78. The van der Waals surface area contributed by atoms with Crippen molar-refractivity contribution in [1.29, 1.82) is 0 Å². The maximum Gasteiger partial charge on any atom is 0.273 e. The predicted molar refractivity (Wildman–Crippen MR) is 114 cm³/mol. The maximum atomic E-state index is 13.8. The second kappa shape index (κ2) is 9.62. The van der Waals surface area contributed by atoms with Gasteiger partial charge in [0.25, 0.3) is 12.3 Å². The number of rotatable bonds is 7. The van der Waals surface area contributed by atoms with Crippen LogP contribution in [0.25, 0.3) is 11.3 Å². The van der Waals surface area contributed by atoms with Crippen LogP contribution in [-0.4, -0.2) is 64.0 Å². The van der Waals surface area contributed by atoms with Gasteiger partial charge in [0.05, 0.1) is 11.9 Å². The van der Waals surface area contributed by atoms with Gasteiger partial charge in [0, 0.05) is 24.8 Å². The average molecular weight is 468 g/mol. The first kappa shape index (κ1) is 24.9. The van der Waals surface area contributed by atoms with Crippen molar-refractivity contribution in [3.8, 4) is 11.3 Å². The molecule has 1 aliphatic rings. The number of anilines is 1. The fourth-order valence-corrected chi connectivity index (χ4v) is 3.70. The molecule has 2 unspecified atom stereocenters. The van der Waals surface area contributed by atoms with E-state index >= 15 is 0 Å². The fourth-order valence-electron chi connectivity index (χ4n) is 3.70. The van der Waals surface area contributed by atoms with Gasteiger partial charge in [0.2, 0.25) is 0 Å². The number of ether oxygens (including phenoxy) is 1. The Labute approximate surface area is 189 Å². The molecule has 1 saturated heterocycles. The third-order valence-corrected chi connectivity index (χ3v) is 5.92. The maximum absolute atomic E-state index is 13.8. The second-order valence-electron chi connectivity index (χ2n) is 8.35. The summed E-state index contributed by atoms with van der Waals surface area (Å²) in [5.74, 6) is -0.645. The molecule has 1 aromatic heterocycles. The molecule has 3 rings (SSSR count). The number of benzene rings is 1. The Balaban J connectivity index is 2.01. The van der Waals surface area contributed by atoms with Crippen molar-refractivity contribution in [3.63, 3.8) is 0 Å². The van der Waals surface area contributed by atoms with Crippen molar-refractivity contribution < 1.29 is 32.9 Å². The number of halogens is 3. The number of aromatic nitrogens is 2. The van der Waals surface area contributed by atoms with Gasteiger partial charge in [-0.2, -0.15) is 0 Å². The van der Waals surface area contributed by atoms with Crippen LogP contribution in [0.3, 0.4) is 0 Å². The number of aliphatic hydroxyl groups is 2. The minimum atomic E-state index is -3.49. The van der Waals surface area contributed by atoms with Crippen molar-refractivity contribution in [3.05, 3.63) is 41.2 Å². The van der Waals surface area contributed by atoms with Crippen LogP contribution in [-0.2, 0) is 10.3 Å². The molecule has 2 aromatic rings. The Bertz CT molecular complexity index is 1020. The van der Waals surface area contributed by atoms with E-state index in [1.807, 2.05) is 0 Å².